The van der Waals surface area contributed by atoms with Crippen molar-refractivity contribution >= 4 is 12.2 Å². The summed E-state index contributed by atoms with van der Waals surface area (Å²) in [6.07, 6.45) is 5.16. The SMILES string of the molecule is C=C1CC2CCC1CN2C(=O)OC(=O)N1CCCCC1. The molecule has 0 N–H and O–H groups in total. The summed E-state index contributed by atoms with van der Waals surface area (Å²) in [5.41, 5.74) is 1.24. The summed E-state index contributed by atoms with van der Waals surface area (Å²) in [4.78, 5) is 27.5. The second-order valence-corrected chi connectivity index (χ2v) is 6.12. The van der Waals surface area contributed by atoms with Crippen molar-refractivity contribution < 1.29 is 14.3 Å². The topological polar surface area (TPSA) is 49.9 Å². The van der Waals surface area contributed by atoms with Gasteiger partial charge in [0.25, 0.3) is 0 Å². The van der Waals surface area contributed by atoms with Gasteiger partial charge in [0, 0.05) is 25.7 Å². The van der Waals surface area contributed by atoms with Crippen molar-refractivity contribution in [1.82, 2.24) is 9.80 Å². The summed E-state index contributed by atoms with van der Waals surface area (Å²) in [6.45, 7) is 6.14. The number of amides is 2. The van der Waals surface area contributed by atoms with Crippen LogP contribution in [0.3, 0.4) is 0 Å². The third-order valence-electron chi connectivity index (χ3n) is 4.80. The Morgan fingerprint density at radius 1 is 1.10 bits per heavy atom. The van der Waals surface area contributed by atoms with Crippen LogP contribution in [0.1, 0.15) is 38.5 Å². The van der Waals surface area contributed by atoms with Crippen LogP contribution >= 0.6 is 0 Å². The Kier molecular flexibility index (Phi) is 3.68. The van der Waals surface area contributed by atoms with E-state index in [9.17, 15) is 9.59 Å². The first-order valence-corrected chi connectivity index (χ1v) is 7.60. The van der Waals surface area contributed by atoms with Gasteiger partial charge in [0.1, 0.15) is 0 Å². The highest BCUT2D eigenvalue weighted by Crippen LogP contribution is 2.38. The molecule has 0 spiro atoms. The summed E-state index contributed by atoms with van der Waals surface area (Å²) in [5.74, 6) is 0.387. The van der Waals surface area contributed by atoms with Gasteiger partial charge in [-0.25, -0.2) is 9.59 Å². The van der Waals surface area contributed by atoms with Crippen LogP contribution in [0.4, 0.5) is 9.59 Å². The number of hydrogen-bond acceptors (Lipinski definition) is 3. The predicted molar refractivity (Wildman–Crippen MR) is 74.3 cm³/mol. The maximum atomic E-state index is 12.2. The van der Waals surface area contributed by atoms with Crippen molar-refractivity contribution in [3.8, 4) is 0 Å². The summed E-state index contributed by atoms with van der Waals surface area (Å²) >= 11 is 0. The van der Waals surface area contributed by atoms with E-state index in [-0.39, 0.29) is 6.04 Å². The second-order valence-electron chi connectivity index (χ2n) is 6.12. The molecule has 4 rings (SSSR count). The Morgan fingerprint density at radius 2 is 1.85 bits per heavy atom. The van der Waals surface area contributed by atoms with Crippen molar-refractivity contribution in [2.75, 3.05) is 19.6 Å². The fourth-order valence-electron chi connectivity index (χ4n) is 3.54. The van der Waals surface area contributed by atoms with Crippen LogP contribution in [0, 0.1) is 5.92 Å². The molecule has 110 valence electrons. The molecule has 5 nitrogen and oxygen atoms in total. The van der Waals surface area contributed by atoms with Crippen LogP contribution in [-0.2, 0) is 4.74 Å². The molecular weight excluding hydrogens is 256 g/mol. The Bertz CT molecular complexity index is 429. The van der Waals surface area contributed by atoms with Crippen molar-refractivity contribution in [3.05, 3.63) is 12.2 Å². The van der Waals surface area contributed by atoms with Gasteiger partial charge in [-0.3, -0.25) is 0 Å². The van der Waals surface area contributed by atoms with Crippen molar-refractivity contribution in [2.24, 2.45) is 5.92 Å². The van der Waals surface area contributed by atoms with E-state index in [1.807, 2.05) is 0 Å². The first-order valence-electron chi connectivity index (χ1n) is 7.60. The van der Waals surface area contributed by atoms with E-state index >= 15 is 0 Å². The maximum absolute atomic E-state index is 12.2. The van der Waals surface area contributed by atoms with Crippen molar-refractivity contribution in [3.63, 3.8) is 0 Å². The molecule has 5 heteroatoms. The molecular formula is C15H22N2O3. The van der Waals surface area contributed by atoms with Crippen LogP contribution in [0.5, 0.6) is 0 Å². The lowest BCUT2D eigenvalue weighted by molar-refractivity contribution is 0.0516. The van der Waals surface area contributed by atoms with Gasteiger partial charge in [0.05, 0.1) is 0 Å². The first-order chi connectivity index (χ1) is 9.65. The minimum absolute atomic E-state index is 0.175. The lowest BCUT2D eigenvalue weighted by Gasteiger charge is -2.45. The number of ether oxygens (including phenoxy) is 1. The summed E-state index contributed by atoms with van der Waals surface area (Å²) in [7, 11) is 0. The monoisotopic (exact) mass is 278 g/mol. The summed E-state index contributed by atoms with van der Waals surface area (Å²) in [5, 5.41) is 0. The lowest BCUT2D eigenvalue weighted by atomic mass is 9.77. The quantitative estimate of drug-likeness (QED) is 0.505. The number of likely N-dealkylation sites (tertiary alicyclic amines) is 1. The molecule has 2 amide bonds. The summed E-state index contributed by atoms with van der Waals surface area (Å²) < 4.78 is 5.06. The molecule has 0 aromatic rings. The average Bonchev–Trinajstić information content (AvgIpc) is 2.48. The zero-order valence-electron chi connectivity index (χ0n) is 11.8. The Hall–Kier alpha value is -1.52. The molecule has 2 bridgehead atoms. The van der Waals surface area contributed by atoms with E-state index in [0.717, 1.165) is 38.5 Å². The number of hydrogen-bond donors (Lipinski definition) is 0. The molecule has 1 aliphatic carbocycles. The van der Waals surface area contributed by atoms with Crippen LogP contribution in [0.25, 0.3) is 0 Å². The predicted octanol–water partition coefficient (Wildman–Crippen LogP) is 2.77. The molecule has 3 saturated heterocycles. The van der Waals surface area contributed by atoms with E-state index in [1.165, 1.54) is 5.57 Å². The molecule has 0 aromatic heterocycles. The smallest absolute Gasteiger partial charge is 0.359 e. The largest absolute Gasteiger partial charge is 0.419 e. The standard InChI is InChI=1S/C15H22N2O3/c1-11-9-13-6-5-12(11)10-17(13)15(19)20-14(18)16-7-3-2-4-8-16/h12-13H,1-10H2. The molecule has 2 unspecified atom stereocenters. The number of piperidine rings is 3. The van der Waals surface area contributed by atoms with Crippen LogP contribution in [0.15, 0.2) is 12.2 Å². The van der Waals surface area contributed by atoms with Crippen molar-refractivity contribution in [2.45, 2.75) is 44.6 Å². The van der Waals surface area contributed by atoms with Gasteiger partial charge in [-0.15, -0.1) is 0 Å². The third kappa shape index (κ3) is 2.53. The van der Waals surface area contributed by atoms with Gasteiger partial charge >= 0.3 is 12.2 Å². The number of rotatable bonds is 0. The van der Waals surface area contributed by atoms with E-state index < -0.39 is 12.2 Å². The minimum atomic E-state index is -0.477. The number of nitrogens with zero attached hydrogens (tertiary/aromatic N) is 2. The molecule has 0 aromatic carbocycles. The third-order valence-corrected chi connectivity index (χ3v) is 4.80. The Balaban J connectivity index is 1.57. The average molecular weight is 278 g/mol. The van der Waals surface area contributed by atoms with Gasteiger partial charge in [-0.05, 0) is 44.4 Å². The molecule has 4 aliphatic rings. The van der Waals surface area contributed by atoms with Crippen molar-refractivity contribution in [1.29, 1.82) is 0 Å². The minimum Gasteiger partial charge on any atom is -0.359 e. The van der Waals surface area contributed by atoms with E-state index in [4.69, 9.17) is 4.74 Å². The first kappa shape index (κ1) is 13.5. The number of carbonyl (C=O) groups is 2. The second kappa shape index (κ2) is 5.46. The zero-order chi connectivity index (χ0) is 14.1. The van der Waals surface area contributed by atoms with Crippen LogP contribution < -0.4 is 0 Å². The van der Waals surface area contributed by atoms with E-state index in [1.54, 1.807) is 9.80 Å². The highest BCUT2D eigenvalue weighted by molar-refractivity contribution is 5.84. The molecule has 2 atom stereocenters. The Labute approximate surface area is 119 Å². The van der Waals surface area contributed by atoms with Gasteiger partial charge in [-0.2, -0.15) is 0 Å². The Morgan fingerprint density at radius 3 is 2.45 bits per heavy atom. The molecule has 0 radical (unpaired) electrons. The lowest BCUT2D eigenvalue weighted by Crippen LogP contribution is -2.52. The maximum Gasteiger partial charge on any atom is 0.419 e. The molecule has 3 heterocycles. The number of fused-ring (bicyclic) bond motifs is 3. The molecule has 1 saturated carbocycles. The van der Waals surface area contributed by atoms with E-state index in [0.29, 0.717) is 25.6 Å². The highest BCUT2D eigenvalue weighted by atomic mass is 16.6. The van der Waals surface area contributed by atoms with Crippen LogP contribution in [0.2, 0.25) is 0 Å². The normalized spacial score (nSPS) is 29.5. The van der Waals surface area contributed by atoms with Gasteiger partial charge < -0.3 is 14.5 Å². The van der Waals surface area contributed by atoms with Gasteiger partial charge in [-0.1, -0.05) is 12.2 Å². The molecule has 4 fully saturated rings. The van der Waals surface area contributed by atoms with Gasteiger partial charge in [0.2, 0.25) is 0 Å². The fraction of sp³-hybridized carbons (Fsp3) is 0.733. The molecule has 20 heavy (non-hydrogen) atoms. The van der Waals surface area contributed by atoms with E-state index in [2.05, 4.69) is 6.58 Å². The highest BCUT2D eigenvalue weighted by Gasteiger charge is 2.40. The van der Waals surface area contributed by atoms with Gasteiger partial charge in [0.15, 0.2) is 0 Å². The number of carbonyl (C=O) groups excluding carboxylic acids is 2. The van der Waals surface area contributed by atoms with Crippen LogP contribution in [-0.4, -0.2) is 47.7 Å². The fourth-order valence-corrected chi connectivity index (χ4v) is 3.54. The molecule has 3 aliphatic heterocycles. The zero-order valence-corrected chi connectivity index (χ0v) is 11.8. The summed E-state index contributed by atoms with van der Waals surface area (Å²) in [6, 6.07) is 0.175.